The van der Waals surface area contributed by atoms with E-state index in [0.29, 0.717) is 6.54 Å². The molecule has 0 aliphatic carbocycles. The van der Waals surface area contributed by atoms with Crippen LogP contribution in [0.25, 0.3) is 0 Å². The topological polar surface area (TPSA) is 52.6 Å². The van der Waals surface area contributed by atoms with Crippen molar-refractivity contribution < 1.29 is 9.90 Å². The summed E-state index contributed by atoms with van der Waals surface area (Å²) in [5.74, 6) is 0. The van der Waals surface area contributed by atoms with Gasteiger partial charge in [-0.15, -0.1) is 6.58 Å². The molecule has 0 radical (unpaired) electrons. The van der Waals surface area contributed by atoms with Crippen molar-refractivity contribution in [3.8, 4) is 0 Å². The van der Waals surface area contributed by atoms with Crippen LogP contribution < -0.4 is 5.32 Å². The molecular weight excluding hydrogens is 156 g/mol. The highest BCUT2D eigenvalue weighted by Crippen LogP contribution is 2.20. The first-order chi connectivity index (χ1) is 5.49. The van der Waals surface area contributed by atoms with E-state index in [2.05, 4.69) is 11.9 Å². The maximum atomic E-state index is 11.2. The van der Waals surface area contributed by atoms with Crippen LogP contribution in [0.3, 0.4) is 0 Å². The van der Waals surface area contributed by atoms with Crippen LogP contribution in [0.2, 0.25) is 0 Å². The zero-order valence-corrected chi connectivity index (χ0v) is 7.37. The molecule has 0 aromatic heterocycles. The second-order valence-corrected chi connectivity index (χ2v) is 3.47. The zero-order chi connectivity index (χ0) is 9.35. The van der Waals surface area contributed by atoms with Gasteiger partial charge in [0, 0.05) is 6.54 Å². The van der Waals surface area contributed by atoms with Crippen molar-refractivity contribution in [1.82, 2.24) is 10.2 Å². The van der Waals surface area contributed by atoms with Crippen LogP contribution in [0.5, 0.6) is 0 Å². The summed E-state index contributed by atoms with van der Waals surface area (Å²) in [7, 11) is 0. The number of nitrogens with zero attached hydrogens (tertiary/aromatic N) is 1. The first kappa shape index (κ1) is 9.06. The van der Waals surface area contributed by atoms with Gasteiger partial charge in [0.15, 0.2) is 6.23 Å². The molecule has 1 unspecified atom stereocenters. The Balaban J connectivity index is 2.77. The van der Waals surface area contributed by atoms with Crippen molar-refractivity contribution in [1.29, 1.82) is 0 Å². The van der Waals surface area contributed by atoms with Crippen LogP contribution in [0.4, 0.5) is 4.79 Å². The van der Waals surface area contributed by atoms with E-state index in [9.17, 15) is 9.90 Å². The van der Waals surface area contributed by atoms with Crippen molar-refractivity contribution in [2.45, 2.75) is 25.6 Å². The molecule has 1 rings (SSSR count). The van der Waals surface area contributed by atoms with Gasteiger partial charge < -0.3 is 10.4 Å². The number of nitrogens with one attached hydrogen (secondary N) is 1. The van der Waals surface area contributed by atoms with Crippen LogP contribution >= 0.6 is 0 Å². The fourth-order valence-corrected chi connectivity index (χ4v) is 1.23. The molecule has 4 heteroatoms. The molecule has 68 valence electrons. The Morgan fingerprint density at radius 1 is 1.83 bits per heavy atom. The van der Waals surface area contributed by atoms with Crippen molar-refractivity contribution in [3.63, 3.8) is 0 Å². The minimum absolute atomic E-state index is 0.243. The third-order valence-electron chi connectivity index (χ3n) is 1.96. The third-order valence-corrected chi connectivity index (χ3v) is 1.96. The van der Waals surface area contributed by atoms with Crippen molar-refractivity contribution in [2.75, 3.05) is 6.54 Å². The Morgan fingerprint density at radius 2 is 2.42 bits per heavy atom. The third kappa shape index (κ3) is 1.30. The summed E-state index contributed by atoms with van der Waals surface area (Å²) < 4.78 is 0. The molecular formula is C8H14N2O2. The average Bonchev–Trinajstić information content (AvgIpc) is 2.13. The van der Waals surface area contributed by atoms with Gasteiger partial charge in [-0.1, -0.05) is 6.08 Å². The normalized spacial score (nSPS) is 27.1. The van der Waals surface area contributed by atoms with E-state index in [4.69, 9.17) is 0 Å². The number of aliphatic hydroxyl groups excluding tert-OH is 1. The van der Waals surface area contributed by atoms with Crippen LogP contribution in [0.1, 0.15) is 13.8 Å². The Hall–Kier alpha value is -1.03. The van der Waals surface area contributed by atoms with Gasteiger partial charge in [0.1, 0.15) is 0 Å². The van der Waals surface area contributed by atoms with E-state index in [0.717, 1.165) is 0 Å². The molecule has 0 aromatic rings. The van der Waals surface area contributed by atoms with Crippen LogP contribution in [0, 0.1) is 0 Å². The molecule has 0 saturated carbocycles. The van der Waals surface area contributed by atoms with E-state index in [-0.39, 0.29) is 6.03 Å². The van der Waals surface area contributed by atoms with E-state index in [1.807, 2.05) is 0 Å². The number of hydrogen-bond donors (Lipinski definition) is 2. The molecule has 0 spiro atoms. The van der Waals surface area contributed by atoms with Crippen molar-refractivity contribution in [3.05, 3.63) is 12.7 Å². The predicted molar refractivity (Wildman–Crippen MR) is 45.5 cm³/mol. The zero-order valence-electron chi connectivity index (χ0n) is 7.37. The lowest BCUT2D eigenvalue weighted by Gasteiger charge is -2.24. The molecule has 2 N–H and O–H groups in total. The molecule has 1 fully saturated rings. The van der Waals surface area contributed by atoms with Gasteiger partial charge in [-0.2, -0.15) is 0 Å². The van der Waals surface area contributed by atoms with Crippen molar-refractivity contribution in [2.24, 2.45) is 0 Å². The standard InChI is InChI=1S/C8H14N2O2/c1-4-5-10-6(11)8(2,3)9-7(10)12/h4,6,11H,1,5H2,2-3H3,(H,9,12). The summed E-state index contributed by atoms with van der Waals surface area (Å²) in [6.45, 7) is 7.43. The quantitative estimate of drug-likeness (QED) is 0.585. The summed E-state index contributed by atoms with van der Waals surface area (Å²) in [5.41, 5.74) is -0.569. The number of carbonyl (C=O) groups excluding carboxylic acids is 1. The number of urea groups is 1. The summed E-state index contributed by atoms with van der Waals surface area (Å²) >= 11 is 0. The van der Waals surface area contributed by atoms with Gasteiger partial charge >= 0.3 is 6.03 Å². The highest BCUT2D eigenvalue weighted by Gasteiger charge is 2.43. The van der Waals surface area contributed by atoms with E-state index in [1.54, 1.807) is 19.9 Å². The second kappa shape index (κ2) is 2.79. The van der Waals surface area contributed by atoms with E-state index in [1.165, 1.54) is 4.90 Å². The number of rotatable bonds is 2. The van der Waals surface area contributed by atoms with Crippen LogP contribution in [-0.4, -0.2) is 34.3 Å². The Bertz CT molecular complexity index is 213. The van der Waals surface area contributed by atoms with Crippen LogP contribution in [-0.2, 0) is 0 Å². The average molecular weight is 170 g/mol. The molecule has 0 bridgehead atoms. The molecule has 1 aliphatic rings. The second-order valence-electron chi connectivity index (χ2n) is 3.47. The van der Waals surface area contributed by atoms with Gasteiger partial charge in [0.2, 0.25) is 0 Å². The fraction of sp³-hybridized carbons (Fsp3) is 0.625. The highest BCUT2D eigenvalue weighted by molar-refractivity contribution is 5.78. The predicted octanol–water partition coefficient (Wildman–Crippen LogP) is 0.295. The van der Waals surface area contributed by atoms with E-state index < -0.39 is 11.8 Å². The Morgan fingerprint density at radius 3 is 2.75 bits per heavy atom. The SMILES string of the molecule is C=CCN1C(=O)NC(C)(C)C1O. The molecule has 1 aliphatic heterocycles. The summed E-state index contributed by atoms with van der Waals surface area (Å²) in [6, 6.07) is -0.243. The summed E-state index contributed by atoms with van der Waals surface area (Å²) in [6.07, 6.45) is 0.812. The van der Waals surface area contributed by atoms with Gasteiger partial charge in [-0.05, 0) is 13.8 Å². The molecule has 1 saturated heterocycles. The summed E-state index contributed by atoms with van der Waals surface area (Å²) in [4.78, 5) is 12.5. The lowest BCUT2D eigenvalue weighted by atomic mass is 10.1. The molecule has 4 nitrogen and oxygen atoms in total. The molecule has 12 heavy (non-hydrogen) atoms. The van der Waals surface area contributed by atoms with Gasteiger partial charge in [0.25, 0.3) is 0 Å². The van der Waals surface area contributed by atoms with E-state index >= 15 is 0 Å². The van der Waals surface area contributed by atoms with Crippen LogP contribution in [0.15, 0.2) is 12.7 Å². The first-order valence-corrected chi connectivity index (χ1v) is 3.87. The number of carbonyl (C=O) groups is 1. The molecule has 0 aromatic carbocycles. The first-order valence-electron chi connectivity index (χ1n) is 3.87. The largest absolute Gasteiger partial charge is 0.371 e. The Labute approximate surface area is 71.9 Å². The van der Waals surface area contributed by atoms with Crippen molar-refractivity contribution >= 4 is 6.03 Å². The minimum atomic E-state index is -0.775. The van der Waals surface area contributed by atoms with Gasteiger partial charge in [0.05, 0.1) is 5.54 Å². The molecule has 1 atom stereocenters. The highest BCUT2D eigenvalue weighted by atomic mass is 16.3. The maximum Gasteiger partial charge on any atom is 0.320 e. The number of hydrogen-bond acceptors (Lipinski definition) is 2. The molecule has 1 heterocycles. The minimum Gasteiger partial charge on any atom is -0.371 e. The van der Waals surface area contributed by atoms with Gasteiger partial charge in [-0.3, -0.25) is 4.90 Å². The number of amides is 2. The summed E-state index contributed by atoms with van der Waals surface area (Å²) in [5, 5.41) is 12.3. The van der Waals surface area contributed by atoms with Gasteiger partial charge in [-0.25, -0.2) is 4.79 Å². The monoisotopic (exact) mass is 170 g/mol. The maximum absolute atomic E-state index is 11.2. The fourth-order valence-electron chi connectivity index (χ4n) is 1.23. The lowest BCUT2D eigenvalue weighted by Crippen LogP contribution is -2.44. The number of aliphatic hydroxyl groups is 1. The smallest absolute Gasteiger partial charge is 0.320 e. The Kier molecular flexibility index (Phi) is 2.10. The molecule has 2 amide bonds. The lowest BCUT2D eigenvalue weighted by molar-refractivity contribution is 0.0204.